The zero-order chi connectivity index (χ0) is 14.5. The van der Waals surface area contributed by atoms with Crippen LogP contribution in [0.25, 0.3) is 0 Å². The van der Waals surface area contributed by atoms with Crippen LogP contribution >= 0.6 is 23.2 Å². The van der Waals surface area contributed by atoms with Crippen molar-refractivity contribution in [2.75, 3.05) is 0 Å². The molecule has 0 saturated carbocycles. The van der Waals surface area contributed by atoms with Gasteiger partial charge in [0.15, 0.2) is 0 Å². The van der Waals surface area contributed by atoms with Crippen LogP contribution in [0.15, 0.2) is 47.7 Å². The number of hydrazone groups is 1. The molecule has 0 radical (unpaired) electrons. The molecular formula is C14H11Cl2N3O. The lowest BCUT2D eigenvalue weighted by atomic mass is 10.2. The lowest BCUT2D eigenvalue weighted by Crippen LogP contribution is -2.20. The van der Waals surface area contributed by atoms with E-state index in [0.717, 1.165) is 0 Å². The lowest BCUT2D eigenvalue weighted by Gasteiger charge is -2.04. The molecule has 0 saturated heterocycles. The van der Waals surface area contributed by atoms with Gasteiger partial charge >= 0.3 is 0 Å². The maximum absolute atomic E-state index is 11.9. The molecule has 1 heterocycles. The highest BCUT2D eigenvalue weighted by Gasteiger charge is 2.10. The Morgan fingerprint density at radius 1 is 1.25 bits per heavy atom. The van der Waals surface area contributed by atoms with Crippen molar-refractivity contribution in [3.63, 3.8) is 0 Å². The first kappa shape index (κ1) is 14.5. The molecule has 2 rings (SSSR count). The molecule has 1 aromatic heterocycles. The van der Waals surface area contributed by atoms with Crippen molar-refractivity contribution in [3.05, 3.63) is 63.9 Å². The van der Waals surface area contributed by atoms with Crippen molar-refractivity contribution in [3.8, 4) is 0 Å². The molecule has 0 aliphatic heterocycles. The van der Waals surface area contributed by atoms with Gasteiger partial charge in [0, 0.05) is 11.2 Å². The molecule has 102 valence electrons. The Morgan fingerprint density at radius 2 is 2.05 bits per heavy atom. The van der Waals surface area contributed by atoms with Gasteiger partial charge in [-0.1, -0.05) is 29.3 Å². The summed E-state index contributed by atoms with van der Waals surface area (Å²) in [7, 11) is 0. The first-order chi connectivity index (χ1) is 9.58. The van der Waals surface area contributed by atoms with Gasteiger partial charge in [0.2, 0.25) is 0 Å². The van der Waals surface area contributed by atoms with Gasteiger partial charge in [-0.3, -0.25) is 9.78 Å². The van der Waals surface area contributed by atoms with Crippen LogP contribution in [-0.4, -0.2) is 16.6 Å². The molecule has 1 N–H and O–H groups in total. The summed E-state index contributed by atoms with van der Waals surface area (Å²) in [5.41, 5.74) is 4.04. The molecule has 0 fully saturated rings. The number of nitrogens with one attached hydrogen (secondary N) is 1. The topological polar surface area (TPSA) is 54.4 Å². The molecule has 20 heavy (non-hydrogen) atoms. The smallest absolute Gasteiger partial charge is 0.267 e. The fraction of sp³-hybridized carbons (Fsp3) is 0.0714. The number of hydrogen-bond donors (Lipinski definition) is 1. The van der Waals surface area contributed by atoms with Gasteiger partial charge in [-0.2, -0.15) is 5.10 Å². The monoisotopic (exact) mass is 307 g/mol. The summed E-state index contributed by atoms with van der Waals surface area (Å²) in [5.74, 6) is -0.401. The van der Waals surface area contributed by atoms with Crippen LogP contribution in [0.5, 0.6) is 0 Å². The molecule has 0 spiro atoms. The van der Waals surface area contributed by atoms with Crippen molar-refractivity contribution >= 4 is 34.8 Å². The number of amides is 1. The Balaban J connectivity index is 2.12. The number of carbonyl (C=O) groups excluding carboxylic acids is 1. The largest absolute Gasteiger partial charge is 0.272 e. The standard InChI is InChI=1S/C14H11Cl2N3O/c1-9(13-4-2-3-7-17-13)18-19-14(20)11-6-5-10(15)8-12(11)16/h2-8H,1H3,(H,19,20)/b18-9+. The van der Waals surface area contributed by atoms with Gasteiger partial charge in [-0.25, -0.2) is 5.43 Å². The summed E-state index contributed by atoms with van der Waals surface area (Å²) in [6.07, 6.45) is 1.66. The highest BCUT2D eigenvalue weighted by atomic mass is 35.5. The Hall–Kier alpha value is -1.91. The molecule has 6 heteroatoms. The summed E-state index contributed by atoms with van der Waals surface area (Å²) in [6.45, 7) is 1.76. The summed E-state index contributed by atoms with van der Waals surface area (Å²) in [6, 6.07) is 10.1. The third-order valence-corrected chi connectivity index (χ3v) is 3.08. The van der Waals surface area contributed by atoms with E-state index in [1.165, 1.54) is 6.07 Å². The van der Waals surface area contributed by atoms with E-state index in [2.05, 4.69) is 15.5 Å². The zero-order valence-corrected chi connectivity index (χ0v) is 12.1. The number of benzene rings is 1. The maximum Gasteiger partial charge on any atom is 0.272 e. The Bertz CT molecular complexity index is 657. The van der Waals surface area contributed by atoms with Crippen molar-refractivity contribution in [1.29, 1.82) is 0 Å². The second-order valence-corrected chi connectivity index (χ2v) is 4.82. The lowest BCUT2D eigenvalue weighted by molar-refractivity contribution is 0.0955. The van der Waals surface area contributed by atoms with E-state index < -0.39 is 5.91 Å². The van der Waals surface area contributed by atoms with Crippen LogP contribution in [0, 0.1) is 0 Å². The number of aromatic nitrogens is 1. The molecule has 0 bridgehead atoms. The van der Waals surface area contributed by atoms with E-state index in [1.54, 1.807) is 31.3 Å². The number of nitrogens with zero attached hydrogens (tertiary/aromatic N) is 2. The normalized spacial score (nSPS) is 11.2. The molecule has 4 nitrogen and oxygen atoms in total. The fourth-order valence-electron chi connectivity index (χ4n) is 1.50. The van der Waals surface area contributed by atoms with E-state index in [-0.39, 0.29) is 5.02 Å². The quantitative estimate of drug-likeness (QED) is 0.696. The summed E-state index contributed by atoms with van der Waals surface area (Å²) >= 11 is 11.7. The minimum atomic E-state index is -0.401. The Morgan fingerprint density at radius 3 is 2.70 bits per heavy atom. The van der Waals surface area contributed by atoms with Gasteiger partial charge < -0.3 is 0 Å². The summed E-state index contributed by atoms with van der Waals surface area (Å²) in [5, 5.41) is 4.75. The molecule has 1 aromatic carbocycles. The van der Waals surface area contributed by atoms with Gasteiger partial charge in [0.05, 0.1) is 22.0 Å². The second-order valence-electron chi connectivity index (χ2n) is 3.98. The Labute approximate surface area is 126 Å². The summed E-state index contributed by atoms with van der Waals surface area (Å²) < 4.78 is 0. The zero-order valence-electron chi connectivity index (χ0n) is 10.6. The third-order valence-electron chi connectivity index (χ3n) is 2.54. The molecule has 0 atom stereocenters. The molecule has 0 aliphatic carbocycles. The van der Waals surface area contributed by atoms with E-state index in [9.17, 15) is 4.79 Å². The van der Waals surface area contributed by atoms with Crippen LogP contribution in [0.2, 0.25) is 10.0 Å². The first-order valence-corrected chi connectivity index (χ1v) is 6.54. The number of hydrogen-bond acceptors (Lipinski definition) is 3. The average Bonchev–Trinajstić information content (AvgIpc) is 2.45. The van der Waals surface area contributed by atoms with Crippen LogP contribution in [0.1, 0.15) is 23.0 Å². The number of rotatable bonds is 3. The minimum absolute atomic E-state index is 0.278. The molecular weight excluding hydrogens is 297 g/mol. The van der Waals surface area contributed by atoms with Crippen LogP contribution in [0.3, 0.4) is 0 Å². The summed E-state index contributed by atoms with van der Waals surface area (Å²) in [4.78, 5) is 16.1. The van der Waals surface area contributed by atoms with Crippen molar-refractivity contribution in [1.82, 2.24) is 10.4 Å². The third kappa shape index (κ3) is 3.56. The maximum atomic E-state index is 11.9. The molecule has 1 amide bonds. The predicted octanol–water partition coefficient (Wildman–Crippen LogP) is 3.54. The predicted molar refractivity (Wildman–Crippen MR) is 80.4 cm³/mol. The highest BCUT2D eigenvalue weighted by Crippen LogP contribution is 2.20. The molecule has 0 unspecified atom stereocenters. The van der Waals surface area contributed by atoms with Gasteiger partial charge in [-0.15, -0.1) is 0 Å². The van der Waals surface area contributed by atoms with E-state index >= 15 is 0 Å². The highest BCUT2D eigenvalue weighted by molar-refractivity contribution is 6.36. The average molecular weight is 308 g/mol. The van der Waals surface area contributed by atoms with Gasteiger partial charge in [0.25, 0.3) is 5.91 Å². The van der Waals surface area contributed by atoms with Gasteiger partial charge in [0.1, 0.15) is 0 Å². The van der Waals surface area contributed by atoms with E-state index in [0.29, 0.717) is 22.0 Å². The SMILES string of the molecule is C/C(=N\NC(=O)c1ccc(Cl)cc1Cl)c1ccccn1. The second kappa shape index (κ2) is 6.50. The number of halogens is 2. The number of carbonyl (C=O) groups is 1. The van der Waals surface area contributed by atoms with E-state index in [4.69, 9.17) is 23.2 Å². The fourth-order valence-corrected chi connectivity index (χ4v) is 2.00. The van der Waals surface area contributed by atoms with Crippen molar-refractivity contribution in [2.24, 2.45) is 5.10 Å². The van der Waals surface area contributed by atoms with Crippen molar-refractivity contribution in [2.45, 2.75) is 6.92 Å². The van der Waals surface area contributed by atoms with Crippen LogP contribution in [-0.2, 0) is 0 Å². The molecule has 2 aromatic rings. The van der Waals surface area contributed by atoms with E-state index in [1.807, 2.05) is 12.1 Å². The van der Waals surface area contributed by atoms with Crippen LogP contribution in [0.4, 0.5) is 0 Å². The Kier molecular flexibility index (Phi) is 4.71. The molecule has 0 aliphatic rings. The minimum Gasteiger partial charge on any atom is -0.267 e. The van der Waals surface area contributed by atoms with Crippen molar-refractivity contribution < 1.29 is 4.79 Å². The number of pyridine rings is 1. The van der Waals surface area contributed by atoms with Crippen LogP contribution < -0.4 is 5.43 Å². The first-order valence-electron chi connectivity index (χ1n) is 5.79. The van der Waals surface area contributed by atoms with Gasteiger partial charge in [-0.05, 0) is 37.3 Å².